The first-order valence-electron chi connectivity index (χ1n) is 6.69. The molecule has 0 radical (unpaired) electrons. The molecular weight excluding hydrogens is 458 g/mol. The Morgan fingerprint density at radius 1 is 1.12 bits per heavy atom. The highest BCUT2D eigenvalue weighted by atomic mass is 79.9. The Balaban J connectivity index is 1.78. The first kappa shape index (κ1) is 19.8. The number of esters is 1. The van der Waals surface area contributed by atoms with E-state index in [2.05, 4.69) is 26.2 Å². The van der Waals surface area contributed by atoms with Gasteiger partial charge in [-0.2, -0.15) is 0 Å². The van der Waals surface area contributed by atoms with E-state index in [1.54, 1.807) is 18.2 Å². The summed E-state index contributed by atoms with van der Waals surface area (Å²) in [5, 5.41) is 3.43. The van der Waals surface area contributed by atoms with Crippen molar-refractivity contribution >= 4 is 68.4 Å². The molecule has 0 saturated heterocycles. The number of halogens is 4. The molecule has 1 aromatic heterocycles. The molecule has 1 aromatic carbocycles. The molecular formula is C15H10BrCl3N2O4. The smallest absolute Gasteiger partial charge is 0.344 e. The van der Waals surface area contributed by atoms with Crippen LogP contribution in [-0.2, 0) is 14.3 Å². The van der Waals surface area contributed by atoms with Crippen molar-refractivity contribution in [3.63, 3.8) is 0 Å². The second-order valence-corrected chi connectivity index (χ2v) is 6.69. The molecule has 0 aliphatic rings. The van der Waals surface area contributed by atoms with Crippen LogP contribution in [0.25, 0.3) is 0 Å². The molecule has 0 aliphatic carbocycles. The maximum atomic E-state index is 11.7. The summed E-state index contributed by atoms with van der Waals surface area (Å²) in [6.07, 6.45) is 1.33. The number of hydrogen-bond acceptors (Lipinski definition) is 5. The molecule has 0 atom stereocenters. The predicted molar refractivity (Wildman–Crippen MR) is 98.5 cm³/mol. The Labute approximate surface area is 166 Å². The van der Waals surface area contributed by atoms with Crippen LogP contribution in [0.2, 0.25) is 15.1 Å². The van der Waals surface area contributed by atoms with Gasteiger partial charge in [-0.3, -0.25) is 4.79 Å². The zero-order chi connectivity index (χ0) is 18.4. The van der Waals surface area contributed by atoms with E-state index in [0.717, 1.165) is 0 Å². The lowest BCUT2D eigenvalue weighted by atomic mass is 10.3. The number of rotatable bonds is 6. The Bertz CT molecular complexity index is 804. The quantitative estimate of drug-likeness (QED) is 0.638. The molecule has 2 aromatic rings. The van der Waals surface area contributed by atoms with Crippen LogP contribution in [0.15, 0.2) is 34.9 Å². The third-order valence-corrected chi connectivity index (χ3v) is 4.02. The highest BCUT2D eigenvalue weighted by Crippen LogP contribution is 2.28. The number of carbonyl (C=O) groups is 2. The number of anilines is 1. The van der Waals surface area contributed by atoms with Gasteiger partial charge in [0.05, 0.1) is 14.5 Å². The normalized spacial score (nSPS) is 10.2. The topological polar surface area (TPSA) is 77.5 Å². The van der Waals surface area contributed by atoms with Gasteiger partial charge < -0.3 is 14.8 Å². The molecule has 0 fully saturated rings. The Morgan fingerprint density at radius 3 is 2.56 bits per heavy atom. The van der Waals surface area contributed by atoms with Gasteiger partial charge in [-0.15, -0.1) is 0 Å². The summed E-state index contributed by atoms with van der Waals surface area (Å²) in [5.74, 6) is -0.777. The van der Waals surface area contributed by atoms with Gasteiger partial charge >= 0.3 is 5.97 Å². The van der Waals surface area contributed by atoms with Crippen molar-refractivity contribution < 1.29 is 19.1 Å². The lowest BCUT2D eigenvalue weighted by Gasteiger charge is -2.09. The number of nitrogens with one attached hydrogen (secondary N) is 1. The van der Waals surface area contributed by atoms with Crippen molar-refractivity contribution in [3.8, 4) is 5.75 Å². The third kappa shape index (κ3) is 6.36. The fourth-order valence-corrected chi connectivity index (χ4v) is 2.82. The van der Waals surface area contributed by atoms with Crippen LogP contribution in [0.3, 0.4) is 0 Å². The van der Waals surface area contributed by atoms with Crippen LogP contribution in [-0.4, -0.2) is 30.1 Å². The number of pyridine rings is 1. The fraction of sp³-hybridized carbons (Fsp3) is 0.133. The molecule has 6 nitrogen and oxygen atoms in total. The van der Waals surface area contributed by atoms with Crippen molar-refractivity contribution in [2.75, 3.05) is 18.5 Å². The molecule has 10 heteroatoms. The molecule has 1 amide bonds. The van der Waals surface area contributed by atoms with Crippen LogP contribution in [0.5, 0.6) is 5.75 Å². The minimum Gasteiger partial charge on any atom is -0.481 e. The van der Waals surface area contributed by atoms with Gasteiger partial charge in [-0.1, -0.05) is 34.8 Å². The number of benzene rings is 1. The monoisotopic (exact) mass is 466 g/mol. The third-order valence-electron chi connectivity index (χ3n) is 2.67. The van der Waals surface area contributed by atoms with E-state index in [4.69, 9.17) is 44.3 Å². The van der Waals surface area contributed by atoms with Gasteiger partial charge in [0.15, 0.2) is 19.0 Å². The number of amides is 1. The summed E-state index contributed by atoms with van der Waals surface area (Å²) in [7, 11) is 0. The molecule has 0 spiro atoms. The van der Waals surface area contributed by atoms with Crippen molar-refractivity contribution in [3.05, 3.63) is 50.0 Å². The largest absolute Gasteiger partial charge is 0.481 e. The molecule has 25 heavy (non-hydrogen) atoms. The van der Waals surface area contributed by atoms with Crippen molar-refractivity contribution in [1.82, 2.24) is 4.98 Å². The van der Waals surface area contributed by atoms with E-state index < -0.39 is 18.5 Å². The standard InChI is InChI=1S/C15H10BrCl3N2O4/c16-10-3-8(17)1-2-12(10)24-7-14(23)25-6-13(22)21-15-11(19)4-9(18)5-20-15/h1-5H,6-7H2,(H,20,21,22). The lowest BCUT2D eigenvalue weighted by Crippen LogP contribution is -2.24. The molecule has 2 rings (SSSR count). The minimum atomic E-state index is -0.716. The second kappa shape index (κ2) is 9.24. The van der Waals surface area contributed by atoms with Crippen molar-refractivity contribution in [2.24, 2.45) is 0 Å². The SMILES string of the molecule is O=C(COC(=O)COc1ccc(Cl)cc1Br)Nc1ncc(Cl)cc1Cl. The lowest BCUT2D eigenvalue weighted by molar-refractivity contribution is -0.149. The molecule has 0 unspecified atom stereocenters. The van der Waals surface area contributed by atoms with E-state index >= 15 is 0 Å². The minimum absolute atomic E-state index is 0.119. The summed E-state index contributed by atoms with van der Waals surface area (Å²) in [6, 6.07) is 6.26. The molecule has 0 saturated carbocycles. The zero-order valence-corrected chi connectivity index (χ0v) is 16.2. The Kier molecular flexibility index (Phi) is 7.31. The summed E-state index contributed by atoms with van der Waals surface area (Å²) in [5.41, 5.74) is 0. The molecule has 1 N–H and O–H groups in total. The number of carbonyl (C=O) groups excluding carboxylic acids is 2. The average molecular weight is 469 g/mol. The van der Waals surface area contributed by atoms with Crippen LogP contribution < -0.4 is 10.1 Å². The van der Waals surface area contributed by atoms with Gasteiger partial charge in [-0.25, -0.2) is 9.78 Å². The first-order valence-corrected chi connectivity index (χ1v) is 8.62. The number of hydrogen-bond donors (Lipinski definition) is 1. The van der Waals surface area contributed by atoms with Gasteiger partial charge in [0.1, 0.15) is 5.75 Å². The highest BCUT2D eigenvalue weighted by molar-refractivity contribution is 9.10. The predicted octanol–water partition coefficient (Wildman–Crippen LogP) is 4.37. The molecule has 0 bridgehead atoms. The Morgan fingerprint density at radius 2 is 1.88 bits per heavy atom. The summed E-state index contributed by atoms with van der Waals surface area (Å²) < 4.78 is 10.7. The van der Waals surface area contributed by atoms with Crippen molar-refractivity contribution in [2.45, 2.75) is 0 Å². The molecule has 132 valence electrons. The number of ether oxygens (including phenoxy) is 2. The highest BCUT2D eigenvalue weighted by Gasteiger charge is 2.12. The number of nitrogens with zero attached hydrogens (tertiary/aromatic N) is 1. The van der Waals surface area contributed by atoms with E-state index in [-0.39, 0.29) is 17.4 Å². The first-order chi connectivity index (χ1) is 11.8. The van der Waals surface area contributed by atoms with Crippen LogP contribution in [0.1, 0.15) is 0 Å². The maximum Gasteiger partial charge on any atom is 0.344 e. The van der Waals surface area contributed by atoms with Crippen molar-refractivity contribution in [1.29, 1.82) is 0 Å². The van der Waals surface area contributed by atoms with Gasteiger partial charge in [0, 0.05) is 11.2 Å². The summed E-state index contributed by atoms with van der Waals surface area (Å²) in [6.45, 7) is -0.877. The van der Waals surface area contributed by atoms with Crippen LogP contribution in [0, 0.1) is 0 Å². The van der Waals surface area contributed by atoms with E-state index in [1.807, 2.05) is 0 Å². The van der Waals surface area contributed by atoms with Gasteiger partial charge in [0.2, 0.25) is 0 Å². The van der Waals surface area contributed by atoms with E-state index in [1.165, 1.54) is 12.3 Å². The molecule has 1 heterocycles. The maximum absolute atomic E-state index is 11.7. The number of aromatic nitrogens is 1. The second-order valence-electron chi connectivity index (χ2n) is 4.56. The van der Waals surface area contributed by atoms with E-state index in [0.29, 0.717) is 20.3 Å². The van der Waals surface area contributed by atoms with Gasteiger partial charge in [0.25, 0.3) is 5.91 Å². The van der Waals surface area contributed by atoms with Crippen LogP contribution >= 0.6 is 50.7 Å². The average Bonchev–Trinajstić information content (AvgIpc) is 2.55. The van der Waals surface area contributed by atoms with Gasteiger partial charge in [-0.05, 0) is 40.2 Å². The molecule has 0 aliphatic heterocycles. The summed E-state index contributed by atoms with van der Waals surface area (Å²) >= 11 is 20.6. The van der Waals surface area contributed by atoms with E-state index in [9.17, 15) is 9.59 Å². The summed E-state index contributed by atoms with van der Waals surface area (Å²) in [4.78, 5) is 27.2. The zero-order valence-electron chi connectivity index (χ0n) is 12.4. The van der Waals surface area contributed by atoms with Crippen LogP contribution in [0.4, 0.5) is 5.82 Å². The Hall–Kier alpha value is -1.54. The fourth-order valence-electron chi connectivity index (χ4n) is 1.59.